The van der Waals surface area contributed by atoms with Crippen molar-refractivity contribution in [1.29, 1.82) is 0 Å². The van der Waals surface area contributed by atoms with Gasteiger partial charge in [-0.05, 0) is 18.2 Å². The molecule has 1 aromatic carbocycles. The van der Waals surface area contributed by atoms with Crippen molar-refractivity contribution in [3.8, 4) is 5.69 Å². The van der Waals surface area contributed by atoms with Gasteiger partial charge in [-0.15, -0.1) is 0 Å². The van der Waals surface area contributed by atoms with Crippen LogP contribution in [-0.4, -0.2) is 34.7 Å². The Hall–Kier alpha value is -2.18. The predicted octanol–water partition coefficient (Wildman–Crippen LogP) is 0.784. The minimum atomic E-state index is -0.285. The summed E-state index contributed by atoms with van der Waals surface area (Å²) in [7, 11) is 0. The lowest BCUT2D eigenvalue weighted by Crippen LogP contribution is -2.37. The number of ether oxygens (including phenoxy) is 1. The Balaban J connectivity index is 1.74. The van der Waals surface area contributed by atoms with Crippen molar-refractivity contribution in [2.45, 2.75) is 6.04 Å². The monoisotopic (exact) mass is 272 g/mol. The average molecular weight is 272 g/mol. The highest BCUT2D eigenvalue weighted by atomic mass is 16.5. The molecule has 1 aliphatic rings. The Labute approximate surface area is 116 Å². The van der Waals surface area contributed by atoms with Crippen LogP contribution in [0.1, 0.15) is 0 Å². The predicted molar refractivity (Wildman–Crippen MR) is 74.5 cm³/mol. The molecule has 1 aromatic heterocycles. The number of aromatic nitrogens is 2. The average Bonchev–Trinajstić information content (AvgIpc) is 3.09. The van der Waals surface area contributed by atoms with E-state index in [2.05, 4.69) is 10.3 Å². The van der Waals surface area contributed by atoms with E-state index in [0.717, 1.165) is 11.4 Å². The topological polar surface area (TPSA) is 82.2 Å². The summed E-state index contributed by atoms with van der Waals surface area (Å²) in [4.78, 5) is 16.1. The molecule has 1 aliphatic heterocycles. The van der Waals surface area contributed by atoms with E-state index in [1.54, 1.807) is 12.5 Å². The molecular weight excluding hydrogens is 256 g/mol. The number of hydrogen-bond acceptors (Lipinski definition) is 4. The second-order valence-corrected chi connectivity index (χ2v) is 4.82. The van der Waals surface area contributed by atoms with Crippen LogP contribution >= 0.6 is 0 Å². The van der Waals surface area contributed by atoms with Crippen LogP contribution in [0.2, 0.25) is 0 Å². The molecule has 0 radical (unpaired) electrons. The quantitative estimate of drug-likeness (QED) is 0.865. The van der Waals surface area contributed by atoms with Gasteiger partial charge < -0.3 is 20.4 Å². The van der Waals surface area contributed by atoms with Gasteiger partial charge in [0.1, 0.15) is 0 Å². The number of nitrogens with two attached hydrogens (primary N) is 1. The number of benzene rings is 1. The third kappa shape index (κ3) is 2.56. The highest BCUT2D eigenvalue weighted by molar-refractivity contribution is 5.93. The Kier molecular flexibility index (Phi) is 3.49. The number of carbonyl (C=O) groups is 1. The van der Waals surface area contributed by atoms with Crippen LogP contribution in [0.5, 0.6) is 0 Å². The Morgan fingerprint density at radius 3 is 3.05 bits per heavy atom. The van der Waals surface area contributed by atoms with E-state index >= 15 is 0 Å². The van der Waals surface area contributed by atoms with Crippen molar-refractivity contribution >= 4 is 11.6 Å². The van der Waals surface area contributed by atoms with Crippen molar-refractivity contribution in [2.24, 2.45) is 11.7 Å². The first-order valence-corrected chi connectivity index (χ1v) is 6.46. The van der Waals surface area contributed by atoms with Crippen molar-refractivity contribution in [3.63, 3.8) is 0 Å². The molecule has 0 aliphatic carbocycles. The van der Waals surface area contributed by atoms with E-state index in [-0.39, 0.29) is 17.9 Å². The van der Waals surface area contributed by atoms with Crippen molar-refractivity contribution in [2.75, 3.05) is 18.5 Å². The van der Waals surface area contributed by atoms with Crippen LogP contribution < -0.4 is 11.1 Å². The molecule has 3 rings (SSSR count). The van der Waals surface area contributed by atoms with Crippen LogP contribution in [-0.2, 0) is 9.53 Å². The van der Waals surface area contributed by atoms with Gasteiger partial charge in [0.2, 0.25) is 5.91 Å². The zero-order valence-electron chi connectivity index (χ0n) is 10.9. The van der Waals surface area contributed by atoms with E-state index in [4.69, 9.17) is 10.5 Å². The van der Waals surface area contributed by atoms with E-state index in [1.807, 2.05) is 35.0 Å². The Morgan fingerprint density at radius 2 is 2.35 bits per heavy atom. The first kappa shape index (κ1) is 12.8. The first-order valence-electron chi connectivity index (χ1n) is 6.46. The molecule has 1 fully saturated rings. The lowest BCUT2D eigenvalue weighted by Gasteiger charge is -2.14. The molecule has 2 aromatic rings. The number of rotatable bonds is 3. The lowest BCUT2D eigenvalue weighted by molar-refractivity contribution is -0.120. The molecule has 1 amide bonds. The normalized spacial score (nSPS) is 21.9. The zero-order valence-corrected chi connectivity index (χ0v) is 10.9. The fourth-order valence-electron chi connectivity index (χ4n) is 2.23. The summed E-state index contributed by atoms with van der Waals surface area (Å²) < 4.78 is 7.09. The molecule has 2 atom stereocenters. The van der Waals surface area contributed by atoms with Gasteiger partial charge in [-0.3, -0.25) is 4.79 Å². The fourth-order valence-corrected chi connectivity index (χ4v) is 2.23. The highest BCUT2D eigenvalue weighted by Gasteiger charge is 2.31. The van der Waals surface area contributed by atoms with Gasteiger partial charge in [0.05, 0.1) is 25.5 Å². The van der Waals surface area contributed by atoms with Gasteiger partial charge in [0.15, 0.2) is 0 Å². The Morgan fingerprint density at radius 1 is 1.45 bits per heavy atom. The van der Waals surface area contributed by atoms with Crippen molar-refractivity contribution in [1.82, 2.24) is 9.55 Å². The summed E-state index contributed by atoms with van der Waals surface area (Å²) >= 11 is 0. The van der Waals surface area contributed by atoms with Crippen molar-refractivity contribution < 1.29 is 9.53 Å². The summed E-state index contributed by atoms with van der Waals surface area (Å²) in [5.74, 6) is -0.385. The van der Waals surface area contributed by atoms with Gasteiger partial charge >= 0.3 is 0 Å². The number of imidazole rings is 1. The molecule has 0 saturated carbocycles. The van der Waals surface area contributed by atoms with Gasteiger partial charge in [-0.1, -0.05) is 6.07 Å². The number of hydrogen-bond donors (Lipinski definition) is 2. The minimum Gasteiger partial charge on any atom is -0.379 e. The molecule has 2 heterocycles. The van der Waals surface area contributed by atoms with E-state index in [9.17, 15) is 4.79 Å². The second kappa shape index (κ2) is 5.44. The molecule has 2 unspecified atom stereocenters. The van der Waals surface area contributed by atoms with E-state index in [0.29, 0.717) is 13.2 Å². The summed E-state index contributed by atoms with van der Waals surface area (Å²) in [5.41, 5.74) is 7.52. The molecule has 104 valence electrons. The van der Waals surface area contributed by atoms with Gasteiger partial charge in [-0.25, -0.2) is 4.98 Å². The maximum atomic E-state index is 12.1. The Bertz CT molecular complexity index is 597. The lowest BCUT2D eigenvalue weighted by atomic mass is 10.0. The molecular formula is C14H16N4O2. The molecule has 0 spiro atoms. The number of carbonyl (C=O) groups excluding carboxylic acids is 1. The van der Waals surface area contributed by atoms with Gasteiger partial charge in [-0.2, -0.15) is 0 Å². The minimum absolute atomic E-state index is 0.0993. The number of nitrogens with one attached hydrogen (secondary N) is 1. The fraction of sp³-hybridized carbons (Fsp3) is 0.286. The number of amides is 1. The first-order chi connectivity index (χ1) is 9.74. The van der Waals surface area contributed by atoms with Crippen LogP contribution in [0.15, 0.2) is 43.0 Å². The molecule has 1 saturated heterocycles. The summed E-state index contributed by atoms with van der Waals surface area (Å²) in [6, 6.07) is 7.34. The van der Waals surface area contributed by atoms with E-state index in [1.165, 1.54) is 0 Å². The summed E-state index contributed by atoms with van der Waals surface area (Å²) in [5, 5.41) is 2.88. The van der Waals surface area contributed by atoms with Gasteiger partial charge in [0.25, 0.3) is 0 Å². The standard InChI is InChI=1S/C14H16N4O2/c15-13-8-20-7-12(13)14(19)17-10-2-1-3-11(6-10)18-5-4-16-9-18/h1-6,9,12-13H,7-8,15H2,(H,17,19). The highest BCUT2D eigenvalue weighted by Crippen LogP contribution is 2.18. The largest absolute Gasteiger partial charge is 0.379 e. The molecule has 0 bridgehead atoms. The third-order valence-electron chi connectivity index (χ3n) is 3.38. The van der Waals surface area contributed by atoms with Crippen LogP contribution in [0.3, 0.4) is 0 Å². The van der Waals surface area contributed by atoms with Crippen LogP contribution in [0.25, 0.3) is 5.69 Å². The smallest absolute Gasteiger partial charge is 0.231 e. The van der Waals surface area contributed by atoms with Crippen LogP contribution in [0, 0.1) is 5.92 Å². The van der Waals surface area contributed by atoms with Gasteiger partial charge in [0, 0.05) is 29.8 Å². The maximum Gasteiger partial charge on any atom is 0.231 e. The van der Waals surface area contributed by atoms with E-state index < -0.39 is 0 Å². The summed E-state index contributed by atoms with van der Waals surface area (Å²) in [6.07, 6.45) is 5.27. The van der Waals surface area contributed by atoms with Crippen molar-refractivity contribution in [3.05, 3.63) is 43.0 Å². The molecule has 3 N–H and O–H groups in total. The van der Waals surface area contributed by atoms with Crippen LogP contribution in [0.4, 0.5) is 5.69 Å². The molecule has 20 heavy (non-hydrogen) atoms. The maximum absolute atomic E-state index is 12.1. The summed E-state index contributed by atoms with van der Waals surface area (Å²) in [6.45, 7) is 0.821. The SMILES string of the molecule is NC1COCC1C(=O)Nc1cccc(-n2ccnc2)c1. The number of anilines is 1. The third-order valence-corrected chi connectivity index (χ3v) is 3.38. The molecule has 6 nitrogen and oxygen atoms in total. The molecule has 6 heteroatoms. The zero-order chi connectivity index (χ0) is 13.9. The number of nitrogens with zero attached hydrogens (tertiary/aromatic N) is 2. The second-order valence-electron chi connectivity index (χ2n) is 4.82.